The van der Waals surface area contributed by atoms with Crippen LogP contribution in [-0.4, -0.2) is 28.8 Å². The Morgan fingerprint density at radius 3 is 2.70 bits per heavy atom. The van der Waals surface area contributed by atoms with Gasteiger partial charge >= 0.3 is 0 Å². The highest BCUT2D eigenvalue weighted by Gasteiger charge is 2.34. The van der Waals surface area contributed by atoms with Gasteiger partial charge in [-0.3, -0.25) is 0 Å². The summed E-state index contributed by atoms with van der Waals surface area (Å²) in [5.74, 6) is 0.435. The van der Waals surface area contributed by atoms with Crippen LogP contribution < -0.4 is 4.90 Å². The Morgan fingerprint density at radius 2 is 2.10 bits per heavy atom. The predicted octanol–water partition coefficient (Wildman–Crippen LogP) is 3.58. The van der Waals surface area contributed by atoms with Gasteiger partial charge < -0.3 is 10.0 Å². The van der Waals surface area contributed by atoms with Crippen LogP contribution in [0.2, 0.25) is 5.15 Å². The third-order valence-corrected chi connectivity index (χ3v) is 4.45. The molecule has 2 aromatic rings. The average molecular weight is 291 g/mol. The first-order chi connectivity index (χ1) is 9.49. The zero-order valence-electron chi connectivity index (χ0n) is 12.0. The predicted molar refractivity (Wildman–Crippen MR) is 83.7 cm³/mol. The summed E-state index contributed by atoms with van der Waals surface area (Å²) in [6.07, 6.45) is 1.60. The lowest BCUT2D eigenvalue weighted by Crippen LogP contribution is -2.58. The van der Waals surface area contributed by atoms with E-state index in [1.807, 2.05) is 19.2 Å². The molecule has 3 rings (SSSR count). The van der Waals surface area contributed by atoms with Crippen molar-refractivity contribution >= 4 is 28.1 Å². The molecule has 2 heterocycles. The fourth-order valence-corrected chi connectivity index (χ4v) is 3.04. The Labute approximate surface area is 124 Å². The molecule has 0 bridgehead atoms. The minimum Gasteiger partial charge on any atom is -0.389 e. The van der Waals surface area contributed by atoms with Gasteiger partial charge in [0.1, 0.15) is 5.15 Å². The van der Waals surface area contributed by atoms with E-state index >= 15 is 0 Å². The van der Waals surface area contributed by atoms with Crippen molar-refractivity contribution in [2.75, 3.05) is 11.4 Å². The zero-order chi connectivity index (χ0) is 14.4. The van der Waals surface area contributed by atoms with Gasteiger partial charge in [0.25, 0.3) is 0 Å². The summed E-state index contributed by atoms with van der Waals surface area (Å²) >= 11 is 6.06. The van der Waals surface area contributed by atoms with Crippen LogP contribution in [0.25, 0.3) is 10.8 Å². The van der Waals surface area contributed by atoms with Gasteiger partial charge in [0.15, 0.2) is 0 Å². The number of rotatable bonds is 2. The number of aliphatic hydroxyl groups excluding tert-OH is 1. The SMILES string of the molecule is CC(C)c1ccc(N2C[C@H](O)[C@H]2C)c2cnc(Cl)cc12. The van der Waals surface area contributed by atoms with Crippen molar-refractivity contribution in [3.05, 3.63) is 35.1 Å². The van der Waals surface area contributed by atoms with Crippen LogP contribution in [0.5, 0.6) is 0 Å². The summed E-state index contributed by atoms with van der Waals surface area (Å²) in [7, 11) is 0. The highest BCUT2D eigenvalue weighted by atomic mass is 35.5. The number of fused-ring (bicyclic) bond motifs is 1. The molecule has 4 heteroatoms. The van der Waals surface area contributed by atoms with E-state index in [1.165, 1.54) is 5.56 Å². The van der Waals surface area contributed by atoms with Gasteiger partial charge in [-0.1, -0.05) is 31.5 Å². The lowest BCUT2D eigenvalue weighted by atomic mass is 9.93. The zero-order valence-corrected chi connectivity index (χ0v) is 12.7. The summed E-state index contributed by atoms with van der Waals surface area (Å²) in [5.41, 5.74) is 2.41. The molecule has 1 aromatic heterocycles. The van der Waals surface area contributed by atoms with Crippen molar-refractivity contribution in [1.29, 1.82) is 0 Å². The maximum atomic E-state index is 9.73. The summed E-state index contributed by atoms with van der Waals surface area (Å²) in [4.78, 5) is 6.44. The van der Waals surface area contributed by atoms with E-state index in [-0.39, 0.29) is 12.1 Å². The first-order valence-corrected chi connectivity index (χ1v) is 7.39. The van der Waals surface area contributed by atoms with Crippen LogP contribution in [-0.2, 0) is 0 Å². The van der Waals surface area contributed by atoms with Crippen LogP contribution in [0.15, 0.2) is 24.4 Å². The summed E-state index contributed by atoms with van der Waals surface area (Å²) in [6.45, 7) is 7.08. The standard InChI is InChI=1S/C16H19ClN2O/c1-9(2)11-4-5-14(19-8-15(20)10(19)3)13-7-18-16(17)6-12(11)13/h4-7,9-10,15,20H,8H2,1-3H3/t10-,15+/m1/s1. The number of halogens is 1. The highest BCUT2D eigenvalue weighted by molar-refractivity contribution is 6.30. The fraction of sp³-hybridized carbons (Fsp3) is 0.438. The van der Waals surface area contributed by atoms with E-state index in [0.717, 1.165) is 16.5 Å². The van der Waals surface area contributed by atoms with Crippen molar-refractivity contribution in [3.63, 3.8) is 0 Å². The van der Waals surface area contributed by atoms with Gasteiger partial charge in [-0.25, -0.2) is 4.98 Å². The number of anilines is 1. The Bertz CT molecular complexity index is 656. The molecule has 0 unspecified atom stereocenters. The Balaban J connectivity index is 2.18. The van der Waals surface area contributed by atoms with Gasteiger partial charge in [-0.2, -0.15) is 0 Å². The topological polar surface area (TPSA) is 36.4 Å². The maximum Gasteiger partial charge on any atom is 0.129 e. The van der Waals surface area contributed by atoms with Crippen LogP contribution in [0.4, 0.5) is 5.69 Å². The largest absolute Gasteiger partial charge is 0.389 e. The average Bonchev–Trinajstić information content (AvgIpc) is 2.42. The number of nitrogens with zero attached hydrogens (tertiary/aromatic N) is 2. The third kappa shape index (κ3) is 2.05. The highest BCUT2D eigenvalue weighted by Crippen LogP contribution is 2.37. The van der Waals surface area contributed by atoms with Gasteiger partial charge in [0.2, 0.25) is 0 Å². The molecule has 0 saturated carbocycles. The van der Waals surface area contributed by atoms with Gasteiger partial charge in [0, 0.05) is 23.8 Å². The molecule has 0 aliphatic carbocycles. The molecule has 0 radical (unpaired) electrons. The molecule has 1 fully saturated rings. The summed E-state index contributed by atoms with van der Waals surface area (Å²) in [6, 6.07) is 6.39. The monoisotopic (exact) mass is 290 g/mol. The molecule has 1 N–H and O–H groups in total. The maximum absolute atomic E-state index is 9.73. The first kappa shape index (κ1) is 13.7. The van der Waals surface area contributed by atoms with Gasteiger partial charge in [-0.05, 0) is 35.9 Å². The fourth-order valence-electron chi connectivity index (χ4n) is 2.88. The number of hydrogen-bond donors (Lipinski definition) is 1. The molecule has 1 aliphatic heterocycles. The van der Waals surface area contributed by atoms with Crippen LogP contribution in [0.3, 0.4) is 0 Å². The van der Waals surface area contributed by atoms with E-state index in [2.05, 4.69) is 35.9 Å². The van der Waals surface area contributed by atoms with E-state index in [1.54, 1.807) is 0 Å². The Kier molecular flexibility index (Phi) is 3.35. The molecule has 20 heavy (non-hydrogen) atoms. The van der Waals surface area contributed by atoms with Gasteiger partial charge in [-0.15, -0.1) is 0 Å². The molecular weight excluding hydrogens is 272 g/mol. The number of aliphatic hydroxyl groups is 1. The Morgan fingerprint density at radius 1 is 1.35 bits per heavy atom. The molecular formula is C16H19ClN2O. The second-order valence-corrected chi connectivity index (χ2v) is 6.23. The number of hydrogen-bond acceptors (Lipinski definition) is 3. The Hall–Kier alpha value is -1.32. The number of β-amino-alcohol motifs (C(OH)–C–C–N with tert-alkyl or cyclic N) is 1. The minimum absolute atomic E-state index is 0.152. The van der Waals surface area contributed by atoms with E-state index in [4.69, 9.17) is 11.6 Å². The third-order valence-electron chi connectivity index (χ3n) is 4.24. The van der Waals surface area contributed by atoms with Crippen molar-refractivity contribution in [1.82, 2.24) is 4.98 Å². The molecule has 1 aliphatic rings. The smallest absolute Gasteiger partial charge is 0.129 e. The minimum atomic E-state index is -0.241. The van der Waals surface area contributed by atoms with E-state index < -0.39 is 0 Å². The molecule has 3 nitrogen and oxygen atoms in total. The lowest BCUT2D eigenvalue weighted by Gasteiger charge is -2.45. The first-order valence-electron chi connectivity index (χ1n) is 7.02. The van der Waals surface area contributed by atoms with Gasteiger partial charge in [0.05, 0.1) is 12.1 Å². The molecule has 2 atom stereocenters. The van der Waals surface area contributed by atoms with Crippen LogP contribution in [0, 0.1) is 0 Å². The molecule has 1 aromatic carbocycles. The van der Waals surface area contributed by atoms with Crippen molar-refractivity contribution in [3.8, 4) is 0 Å². The molecule has 0 amide bonds. The molecule has 0 spiro atoms. The summed E-state index contributed by atoms with van der Waals surface area (Å²) < 4.78 is 0. The normalized spacial score (nSPS) is 22.4. The van der Waals surface area contributed by atoms with Crippen LogP contribution >= 0.6 is 11.6 Å². The molecule has 106 valence electrons. The van der Waals surface area contributed by atoms with Crippen molar-refractivity contribution < 1.29 is 5.11 Å². The van der Waals surface area contributed by atoms with Crippen molar-refractivity contribution in [2.45, 2.75) is 38.8 Å². The lowest BCUT2D eigenvalue weighted by molar-refractivity contribution is 0.0997. The number of aromatic nitrogens is 1. The quantitative estimate of drug-likeness (QED) is 0.859. The van der Waals surface area contributed by atoms with Crippen molar-refractivity contribution in [2.24, 2.45) is 0 Å². The van der Waals surface area contributed by atoms with E-state index in [0.29, 0.717) is 17.6 Å². The number of pyridine rings is 1. The second-order valence-electron chi connectivity index (χ2n) is 5.84. The number of benzene rings is 1. The van der Waals surface area contributed by atoms with E-state index in [9.17, 15) is 5.11 Å². The summed E-state index contributed by atoms with van der Waals surface area (Å²) in [5, 5.41) is 12.5. The second kappa shape index (κ2) is 4.90. The van der Waals surface area contributed by atoms with Crippen LogP contribution in [0.1, 0.15) is 32.3 Å². The molecule has 1 saturated heterocycles.